The molecule has 1 aliphatic carbocycles. The van der Waals surface area contributed by atoms with Gasteiger partial charge in [0.2, 0.25) is 0 Å². The van der Waals surface area contributed by atoms with E-state index in [0.717, 1.165) is 35.0 Å². The Morgan fingerprint density at radius 1 is 1.16 bits per heavy atom. The first-order valence-corrected chi connectivity index (χ1v) is 9.98. The third kappa shape index (κ3) is 3.56. The van der Waals surface area contributed by atoms with E-state index in [9.17, 15) is 4.79 Å². The van der Waals surface area contributed by atoms with Crippen molar-refractivity contribution in [1.29, 1.82) is 0 Å². The zero-order valence-corrected chi connectivity index (χ0v) is 12.7. The van der Waals surface area contributed by atoms with Crippen LogP contribution < -0.4 is 0 Å². The third-order valence-electron chi connectivity index (χ3n) is 2.89. The van der Waals surface area contributed by atoms with Gasteiger partial charge in [-0.25, -0.2) is 0 Å². The van der Waals surface area contributed by atoms with Crippen LogP contribution in [0.15, 0.2) is 42.0 Å². The minimum atomic E-state index is -1.32. The summed E-state index contributed by atoms with van der Waals surface area (Å²) in [6.07, 6.45) is 5.74. The molecule has 0 saturated heterocycles. The van der Waals surface area contributed by atoms with Crippen molar-refractivity contribution in [3.8, 4) is 11.5 Å². The molecule has 1 aromatic carbocycles. The van der Waals surface area contributed by atoms with E-state index in [2.05, 4.69) is 31.1 Å². The van der Waals surface area contributed by atoms with Crippen LogP contribution in [0.3, 0.4) is 0 Å². The Morgan fingerprint density at radius 3 is 2.42 bits per heavy atom. The second-order valence-corrected chi connectivity index (χ2v) is 10.5. The van der Waals surface area contributed by atoms with Crippen molar-refractivity contribution >= 4 is 19.9 Å². The highest BCUT2D eigenvalue weighted by molar-refractivity contribution is 6.83. The maximum atomic E-state index is 11.0. The van der Waals surface area contributed by atoms with E-state index in [4.69, 9.17) is 0 Å². The van der Waals surface area contributed by atoms with Gasteiger partial charge in [-0.2, -0.15) is 0 Å². The van der Waals surface area contributed by atoms with Gasteiger partial charge in [0.1, 0.15) is 14.4 Å². The van der Waals surface area contributed by atoms with Crippen LogP contribution in [0.4, 0.5) is 0 Å². The number of hydrogen-bond acceptors (Lipinski definition) is 1. The van der Waals surface area contributed by atoms with Crippen molar-refractivity contribution in [2.45, 2.75) is 26.1 Å². The van der Waals surface area contributed by atoms with E-state index < -0.39 is 8.07 Å². The third-order valence-corrected chi connectivity index (χ3v) is 3.76. The number of carbonyl (C=O) groups excluding carboxylic acids is 1. The monoisotopic (exact) mass is 266 g/mol. The van der Waals surface area contributed by atoms with Crippen molar-refractivity contribution in [3.63, 3.8) is 0 Å². The van der Waals surface area contributed by atoms with E-state index in [1.807, 2.05) is 36.4 Å². The molecule has 0 N–H and O–H groups in total. The van der Waals surface area contributed by atoms with Gasteiger partial charge in [0.05, 0.1) is 0 Å². The SMILES string of the molecule is C[Si](C)(C)C#Cc1ccc(C2=C(C=O)CC=C2)cc1. The van der Waals surface area contributed by atoms with Crippen LogP contribution in [0.5, 0.6) is 0 Å². The first-order chi connectivity index (χ1) is 8.99. The lowest BCUT2D eigenvalue weighted by molar-refractivity contribution is -0.104. The van der Waals surface area contributed by atoms with E-state index in [1.54, 1.807) is 0 Å². The molecule has 1 aromatic rings. The van der Waals surface area contributed by atoms with E-state index in [0.29, 0.717) is 0 Å². The smallest absolute Gasteiger partial charge is 0.146 e. The zero-order chi connectivity index (χ0) is 13.9. The fourth-order valence-electron chi connectivity index (χ4n) is 1.91. The van der Waals surface area contributed by atoms with E-state index in [-0.39, 0.29) is 0 Å². The highest BCUT2D eigenvalue weighted by atomic mass is 28.3. The van der Waals surface area contributed by atoms with Crippen LogP contribution >= 0.6 is 0 Å². The lowest BCUT2D eigenvalue weighted by atomic mass is 10.0. The van der Waals surface area contributed by atoms with Gasteiger partial charge >= 0.3 is 0 Å². The maximum absolute atomic E-state index is 11.0. The minimum absolute atomic E-state index is 0.746. The normalized spacial score (nSPS) is 14.3. The predicted octanol–water partition coefficient (Wildman–Crippen LogP) is 3.83. The standard InChI is InChI=1S/C17H18OSi/c1-19(2,3)12-11-14-7-9-15(10-8-14)17-6-4-5-16(17)13-18/h4,6-10,13H,5H2,1-3H3. The second-order valence-electron chi connectivity index (χ2n) is 5.74. The lowest BCUT2D eigenvalue weighted by Crippen LogP contribution is -2.16. The van der Waals surface area contributed by atoms with Gasteiger partial charge in [-0.1, -0.05) is 49.8 Å². The largest absolute Gasteiger partial charge is 0.298 e. The molecule has 1 nitrogen and oxygen atoms in total. The van der Waals surface area contributed by atoms with E-state index >= 15 is 0 Å². The number of benzene rings is 1. The van der Waals surface area contributed by atoms with Crippen LogP contribution in [0.2, 0.25) is 19.6 Å². The number of aldehydes is 1. The van der Waals surface area contributed by atoms with Crippen LogP contribution in [-0.2, 0) is 4.79 Å². The molecular weight excluding hydrogens is 248 g/mol. The first-order valence-electron chi connectivity index (χ1n) is 6.48. The molecule has 0 aromatic heterocycles. The fourth-order valence-corrected chi connectivity index (χ4v) is 2.43. The molecule has 0 spiro atoms. The van der Waals surface area contributed by atoms with Crippen molar-refractivity contribution in [1.82, 2.24) is 0 Å². The van der Waals surface area contributed by atoms with Gasteiger partial charge < -0.3 is 0 Å². The predicted molar refractivity (Wildman–Crippen MR) is 83.4 cm³/mol. The first kappa shape index (κ1) is 13.6. The number of carbonyl (C=O) groups is 1. The summed E-state index contributed by atoms with van der Waals surface area (Å²) in [5, 5.41) is 0. The van der Waals surface area contributed by atoms with Gasteiger partial charge in [0.15, 0.2) is 0 Å². The summed E-state index contributed by atoms with van der Waals surface area (Å²) in [5.74, 6) is 3.24. The summed E-state index contributed by atoms with van der Waals surface area (Å²) < 4.78 is 0. The molecule has 0 unspecified atom stereocenters. The average molecular weight is 266 g/mol. The topological polar surface area (TPSA) is 17.1 Å². The molecule has 0 bridgehead atoms. The highest BCUT2D eigenvalue weighted by Crippen LogP contribution is 2.26. The molecular formula is C17H18OSi. The Bertz CT molecular complexity index is 601. The number of rotatable bonds is 2. The van der Waals surface area contributed by atoms with Gasteiger partial charge in [-0.15, -0.1) is 5.54 Å². The summed E-state index contributed by atoms with van der Waals surface area (Å²) in [7, 11) is -1.32. The Labute approximate surface area is 116 Å². The molecule has 0 fully saturated rings. The van der Waals surface area contributed by atoms with Gasteiger partial charge in [0, 0.05) is 11.1 Å². The van der Waals surface area contributed by atoms with Crippen molar-refractivity contribution < 1.29 is 4.79 Å². The molecule has 0 aliphatic heterocycles. The van der Waals surface area contributed by atoms with Crippen molar-refractivity contribution in [2.75, 3.05) is 0 Å². The molecule has 0 atom stereocenters. The zero-order valence-electron chi connectivity index (χ0n) is 11.7. The molecule has 96 valence electrons. The summed E-state index contributed by atoms with van der Waals surface area (Å²) >= 11 is 0. The summed E-state index contributed by atoms with van der Waals surface area (Å²) in [5.41, 5.74) is 7.39. The number of allylic oxidation sites excluding steroid dienone is 4. The summed E-state index contributed by atoms with van der Waals surface area (Å²) in [6.45, 7) is 6.70. The Kier molecular flexibility index (Phi) is 3.87. The number of hydrogen-bond donors (Lipinski definition) is 0. The second kappa shape index (κ2) is 5.42. The molecule has 0 heterocycles. The molecule has 0 saturated carbocycles. The molecule has 1 aliphatic rings. The molecule has 0 radical (unpaired) electrons. The highest BCUT2D eigenvalue weighted by Gasteiger charge is 2.10. The Morgan fingerprint density at radius 2 is 1.84 bits per heavy atom. The minimum Gasteiger partial charge on any atom is -0.298 e. The summed E-state index contributed by atoms with van der Waals surface area (Å²) in [4.78, 5) is 11.0. The van der Waals surface area contributed by atoms with Crippen LogP contribution in [0.1, 0.15) is 17.5 Å². The quantitative estimate of drug-likeness (QED) is 0.452. The Balaban J connectivity index is 2.26. The van der Waals surface area contributed by atoms with Gasteiger partial charge in [-0.05, 0) is 29.7 Å². The van der Waals surface area contributed by atoms with Crippen molar-refractivity contribution in [2.24, 2.45) is 0 Å². The van der Waals surface area contributed by atoms with E-state index in [1.165, 1.54) is 0 Å². The van der Waals surface area contributed by atoms with Crippen LogP contribution in [0, 0.1) is 11.5 Å². The van der Waals surface area contributed by atoms with Gasteiger partial charge in [0.25, 0.3) is 0 Å². The molecule has 2 rings (SSSR count). The van der Waals surface area contributed by atoms with Crippen LogP contribution in [0.25, 0.3) is 5.57 Å². The van der Waals surface area contributed by atoms with Gasteiger partial charge in [-0.3, -0.25) is 4.79 Å². The summed E-state index contributed by atoms with van der Waals surface area (Å²) in [6, 6.07) is 8.15. The fraction of sp³-hybridized carbons (Fsp3) is 0.235. The lowest BCUT2D eigenvalue weighted by Gasteiger charge is -2.04. The molecule has 2 heteroatoms. The Hall–Kier alpha value is -1.85. The molecule has 19 heavy (non-hydrogen) atoms. The molecule has 0 amide bonds. The van der Waals surface area contributed by atoms with Crippen LogP contribution in [-0.4, -0.2) is 14.4 Å². The average Bonchev–Trinajstić information content (AvgIpc) is 2.84. The van der Waals surface area contributed by atoms with Crippen molar-refractivity contribution in [3.05, 3.63) is 53.1 Å². The maximum Gasteiger partial charge on any atom is 0.146 e.